The average molecular weight is 210 g/mol. The molecule has 0 spiro atoms. The number of thiazole rings is 1. The zero-order valence-electron chi connectivity index (χ0n) is 7.16. The first-order chi connectivity index (χ1) is 6.79. The molecule has 1 N–H and O–H groups in total. The molecule has 2 aromatic rings. The summed E-state index contributed by atoms with van der Waals surface area (Å²) in [5.74, 6) is -0.631. The maximum Gasteiger partial charge on any atom is 0.255 e. The second-order valence-corrected chi connectivity index (χ2v) is 3.60. The van der Waals surface area contributed by atoms with E-state index in [9.17, 15) is 9.18 Å². The minimum atomic E-state index is -0.999. The zero-order chi connectivity index (χ0) is 9.97. The number of carbonyl (C=O) groups is 1. The van der Waals surface area contributed by atoms with Gasteiger partial charge in [0.05, 0.1) is 15.7 Å². The summed E-state index contributed by atoms with van der Waals surface area (Å²) in [6.45, 7) is -0.999. The number of halogens is 1. The summed E-state index contributed by atoms with van der Waals surface area (Å²) >= 11 is 1.48. The fourth-order valence-electron chi connectivity index (χ4n) is 1.13. The van der Waals surface area contributed by atoms with Crippen molar-refractivity contribution in [1.82, 2.24) is 4.98 Å². The molecule has 1 aromatic heterocycles. The summed E-state index contributed by atoms with van der Waals surface area (Å²) in [4.78, 5) is 14.8. The molecule has 0 bridgehead atoms. The molecule has 1 amide bonds. The van der Waals surface area contributed by atoms with Crippen molar-refractivity contribution in [2.24, 2.45) is 0 Å². The number of amides is 1. The Morgan fingerprint density at radius 2 is 2.43 bits per heavy atom. The largest absolute Gasteiger partial charge is 0.324 e. The van der Waals surface area contributed by atoms with Crippen molar-refractivity contribution < 1.29 is 9.18 Å². The average Bonchev–Trinajstić information content (AvgIpc) is 2.64. The lowest BCUT2D eigenvalue weighted by Gasteiger charge is -2.01. The van der Waals surface area contributed by atoms with Gasteiger partial charge in [-0.25, -0.2) is 9.37 Å². The SMILES string of the molecule is O=C(CF)Nc1ccc2ncsc2c1. The van der Waals surface area contributed by atoms with Crippen LogP contribution < -0.4 is 5.32 Å². The number of fused-ring (bicyclic) bond motifs is 1. The van der Waals surface area contributed by atoms with E-state index in [1.807, 2.05) is 0 Å². The van der Waals surface area contributed by atoms with Crippen LogP contribution in [0.5, 0.6) is 0 Å². The topological polar surface area (TPSA) is 42.0 Å². The Morgan fingerprint density at radius 1 is 1.57 bits per heavy atom. The molecule has 5 heteroatoms. The maximum atomic E-state index is 11.9. The van der Waals surface area contributed by atoms with Crippen LogP contribution in [0.25, 0.3) is 10.2 Å². The number of hydrogen-bond acceptors (Lipinski definition) is 3. The van der Waals surface area contributed by atoms with Crippen LogP contribution in [0.1, 0.15) is 0 Å². The number of nitrogens with zero attached hydrogens (tertiary/aromatic N) is 1. The second-order valence-electron chi connectivity index (χ2n) is 2.72. The molecule has 0 fully saturated rings. The van der Waals surface area contributed by atoms with E-state index in [4.69, 9.17) is 0 Å². The van der Waals surface area contributed by atoms with Crippen molar-refractivity contribution >= 4 is 33.1 Å². The molecule has 2 rings (SSSR count). The zero-order valence-corrected chi connectivity index (χ0v) is 7.97. The van der Waals surface area contributed by atoms with Gasteiger partial charge in [0.2, 0.25) is 0 Å². The predicted octanol–water partition coefficient (Wildman–Crippen LogP) is 2.20. The molecule has 0 atom stereocenters. The van der Waals surface area contributed by atoms with Crippen molar-refractivity contribution in [1.29, 1.82) is 0 Å². The van der Waals surface area contributed by atoms with Gasteiger partial charge in [0.15, 0.2) is 6.67 Å². The van der Waals surface area contributed by atoms with E-state index in [-0.39, 0.29) is 0 Å². The van der Waals surface area contributed by atoms with Crippen LogP contribution in [-0.2, 0) is 4.79 Å². The van der Waals surface area contributed by atoms with Crippen molar-refractivity contribution in [2.75, 3.05) is 12.0 Å². The monoisotopic (exact) mass is 210 g/mol. The highest BCUT2D eigenvalue weighted by Gasteiger charge is 2.02. The number of aromatic nitrogens is 1. The number of alkyl halides is 1. The normalized spacial score (nSPS) is 10.4. The number of rotatable bonds is 2. The molecule has 0 saturated heterocycles. The van der Waals surface area contributed by atoms with E-state index >= 15 is 0 Å². The van der Waals surface area contributed by atoms with Gasteiger partial charge in [-0.05, 0) is 18.2 Å². The number of anilines is 1. The fourth-order valence-corrected chi connectivity index (χ4v) is 1.84. The quantitative estimate of drug-likeness (QED) is 0.825. The summed E-state index contributed by atoms with van der Waals surface area (Å²) < 4.78 is 12.9. The standard InChI is InChI=1S/C9H7FN2OS/c10-4-9(13)12-6-1-2-7-8(3-6)14-5-11-7/h1-3,5H,4H2,(H,12,13). The number of nitrogens with one attached hydrogen (secondary N) is 1. The van der Waals surface area contributed by atoms with Crippen LogP contribution in [0, 0.1) is 0 Å². The van der Waals surface area contributed by atoms with Gasteiger partial charge < -0.3 is 5.32 Å². The van der Waals surface area contributed by atoms with E-state index in [1.165, 1.54) is 11.3 Å². The Morgan fingerprint density at radius 3 is 3.21 bits per heavy atom. The minimum Gasteiger partial charge on any atom is -0.324 e. The molecule has 72 valence electrons. The van der Waals surface area contributed by atoms with Gasteiger partial charge in [-0.3, -0.25) is 4.79 Å². The van der Waals surface area contributed by atoms with Crippen molar-refractivity contribution in [3.63, 3.8) is 0 Å². The third-order valence-electron chi connectivity index (χ3n) is 1.74. The Labute approximate surface area is 83.6 Å². The predicted molar refractivity (Wildman–Crippen MR) is 54.2 cm³/mol. The van der Waals surface area contributed by atoms with Crippen LogP contribution in [0.2, 0.25) is 0 Å². The molecule has 0 unspecified atom stereocenters. The highest BCUT2D eigenvalue weighted by atomic mass is 32.1. The van der Waals surface area contributed by atoms with Crippen molar-refractivity contribution in [3.8, 4) is 0 Å². The number of hydrogen-bond donors (Lipinski definition) is 1. The van der Waals surface area contributed by atoms with Crippen LogP contribution >= 0.6 is 11.3 Å². The van der Waals surface area contributed by atoms with Gasteiger partial charge in [-0.15, -0.1) is 11.3 Å². The van der Waals surface area contributed by atoms with Gasteiger partial charge in [0.25, 0.3) is 5.91 Å². The van der Waals surface area contributed by atoms with Crippen LogP contribution in [0.3, 0.4) is 0 Å². The highest BCUT2D eigenvalue weighted by molar-refractivity contribution is 7.16. The van der Waals surface area contributed by atoms with E-state index in [0.29, 0.717) is 5.69 Å². The van der Waals surface area contributed by atoms with Crippen LogP contribution in [-0.4, -0.2) is 17.6 Å². The molecule has 3 nitrogen and oxygen atoms in total. The Kier molecular flexibility index (Phi) is 2.41. The smallest absolute Gasteiger partial charge is 0.255 e. The molecule has 0 aliphatic rings. The van der Waals surface area contributed by atoms with Gasteiger partial charge in [0, 0.05) is 5.69 Å². The molecule has 1 heterocycles. The summed E-state index contributed by atoms with van der Waals surface area (Å²) in [6.07, 6.45) is 0. The van der Waals surface area contributed by atoms with E-state index in [1.54, 1.807) is 23.7 Å². The third-order valence-corrected chi connectivity index (χ3v) is 2.53. The highest BCUT2D eigenvalue weighted by Crippen LogP contribution is 2.21. The van der Waals surface area contributed by atoms with Crippen molar-refractivity contribution in [2.45, 2.75) is 0 Å². The first-order valence-corrected chi connectivity index (χ1v) is 4.86. The molecule has 14 heavy (non-hydrogen) atoms. The lowest BCUT2D eigenvalue weighted by Crippen LogP contribution is -2.12. The summed E-state index contributed by atoms with van der Waals surface area (Å²) in [6, 6.07) is 5.27. The molecule has 1 aromatic carbocycles. The van der Waals surface area contributed by atoms with Gasteiger partial charge in [-0.2, -0.15) is 0 Å². The molecule has 0 aliphatic carbocycles. The van der Waals surface area contributed by atoms with E-state index in [2.05, 4.69) is 10.3 Å². The van der Waals surface area contributed by atoms with Crippen molar-refractivity contribution in [3.05, 3.63) is 23.7 Å². The Hall–Kier alpha value is -1.49. The first-order valence-electron chi connectivity index (χ1n) is 3.98. The maximum absolute atomic E-state index is 11.9. The number of benzene rings is 1. The number of carbonyl (C=O) groups excluding carboxylic acids is 1. The molecular weight excluding hydrogens is 203 g/mol. The van der Waals surface area contributed by atoms with Crippen LogP contribution in [0.15, 0.2) is 23.7 Å². The molecule has 0 saturated carbocycles. The fraction of sp³-hybridized carbons (Fsp3) is 0.111. The van der Waals surface area contributed by atoms with Gasteiger partial charge in [-0.1, -0.05) is 0 Å². The lowest BCUT2D eigenvalue weighted by molar-refractivity contribution is -0.117. The Balaban J connectivity index is 2.30. The van der Waals surface area contributed by atoms with Crippen LogP contribution in [0.4, 0.5) is 10.1 Å². The summed E-state index contributed by atoms with van der Waals surface area (Å²) in [7, 11) is 0. The van der Waals surface area contributed by atoms with E-state index in [0.717, 1.165) is 10.2 Å². The second kappa shape index (κ2) is 3.71. The van der Waals surface area contributed by atoms with E-state index < -0.39 is 12.6 Å². The lowest BCUT2D eigenvalue weighted by atomic mass is 10.3. The summed E-state index contributed by atoms with van der Waals surface area (Å²) in [5, 5.41) is 2.44. The third kappa shape index (κ3) is 1.72. The molecule has 0 aliphatic heterocycles. The molecule has 0 radical (unpaired) electrons. The molecular formula is C9H7FN2OS. The van der Waals surface area contributed by atoms with Gasteiger partial charge >= 0.3 is 0 Å². The minimum absolute atomic E-state index is 0.601. The van der Waals surface area contributed by atoms with Gasteiger partial charge in [0.1, 0.15) is 0 Å². The first kappa shape index (κ1) is 9.08. The Bertz CT molecular complexity index is 469. The summed E-state index contributed by atoms with van der Waals surface area (Å²) in [5.41, 5.74) is 3.21.